The summed E-state index contributed by atoms with van der Waals surface area (Å²) < 4.78 is 0.606. The van der Waals surface area contributed by atoms with Crippen LogP contribution in [-0.2, 0) is 0 Å². The second-order valence-electron chi connectivity index (χ2n) is 4.41. The SMILES string of the molecule is CC1NCCCC1Nc1ncc(Br)cc1[N+](=O)[O-]. The van der Waals surface area contributed by atoms with E-state index in [1.165, 1.54) is 6.07 Å². The molecule has 0 amide bonds. The number of hydrogen-bond acceptors (Lipinski definition) is 5. The second kappa shape index (κ2) is 5.62. The Hall–Kier alpha value is -1.21. The van der Waals surface area contributed by atoms with Crippen molar-refractivity contribution >= 4 is 27.4 Å². The van der Waals surface area contributed by atoms with Gasteiger partial charge in [0.15, 0.2) is 0 Å². The van der Waals surface area contributed by atoms with Crippen molar-refractivity contribution in [1.82, 2.24) is 10.3 Å². The molecule has 1 saturated heterocycles. The number of nitrogens with zero attached hydrogens (tertiary/aromatic N) is 2. The number of anilines is 1. The lowest BCUT2D eigenvalue weighted by atomic mass is 10.00. The maximum Gasteiger partial charge on any atom is 0.312 e. The molecule has 2 heterocycles. The summed E-state index contributed by atoms with van der Waals surface area (Å²) in [4.78, 5) is 14.7. The monoisotopic (exact) mass is 314 g/mol. The van der Waals surface area contributed by atoms with Crippen LogP contribution < -0.4 is 10.6 Å². The first-order valence-corrected chi connectivity index (χ1v) is 6.67. The van der Waals surface area contributed by atoms with Crippen molar-refractivity contribution in [2.24, 2.45) is 0 Å². The normalized spacial score (nSPS) is 23.7. The molecule has 0 aromatic carbocycles. The van der Waals surface area contributed by atoms with E-state index in [9.17, 15) is 10.1 Å². The smallest absolute Gasteiger partial charge is 0.312 e. The molecule has 98 valence electrons. The van der Waals surface area contributed by atoms with Crippen LogP contribution in [0.5, 0.6) is 0 Å². The average Bonchev–Trinajstić information content (AvgIpc) is 2.34. The number of nitro groups is 1. The maximum absolute atomic E-state index is 11.0. The Labute approximate surface area is 113 Å². The van der Waals surface area contributed by atoms with Crippen molar-refractivity contribution < 1.29 is 4.92 Å². The number of rotatable bonds is 3. The van der Waals surface area contributed by atoms with Gasteiger partial charge < -0.3 is 10.6 Å². The lowest BCUT2D eigenvalue weighted by molar-refractivity contribution is -0.384. The topological polar surface area (TPSA) is 80.1 Å². The van der Waals surface area contributed by atoms with E-state index < -0.39 is 4.92 Å². The number of nitrogens with one attached hydrogen (secondary N) is 2. The Balaban J connectivity index is 2.20. The van der Waals surface area contributed by atoms with Gasteiger partial charge in [-0.05, 0) is 42.2 Å². The zero-order valence-electron chi connectivity index (χ0n) is 10.0. The van der Waals surface area contributed by atoms with Crippen molar-refractivity contribution in [3.05, 3.63) is 26.9 Å². The third-order valence-corrected chi connectivity index (χ3v) is 3.55. The fourth-order valence-corrected chi connectivity index (χ4v) is 2.41. The van der Waals surface area contributed by atoms with E-state index in [0.29, 0.717) is 10.3 Å². The quantitative estimate of drug-likeness (QED) is 0.661. The molecule has 1 fully saturated rings. The van der Waals surface area contributed by atoms with Crippen LogP contribution in [0.1, 0.15) is 19.8 Å². The van der Waals surface area contributed by atoms with Crippen LogP contribution >= 0.6 is 15.9 Å². The van der Waals surface area contributed by atoms with Gasteiger partial charge in [-0.3, -0.25) is 10.1 Å². The van der Waals surface area contributed by atoms with E-state index in [2.05, 4.69) is 38.5 Å². The number of pyridine rings is 1. The van der Waals surface area contributed by atoms with Crippen molar-refractivity contribution in [3.8, 4) is 0 Å². The van der Waals surface area contributed by atoms with E-state index in [1.807, 2.05) is 0 Å². The highest BCUT2D eigenvalue weighted by Crippen LogP contribution is 2.27. The van der Waals surface area contributed by atoms with E-state index in [0.717, 1.165) is 19.4 Å². The van der Waals surface area contributed by atoms with Crippen molar-refractivity contribution in [2.45, 2.75) is 31.8 Å². The first kappa shape index (κ1) is 13.2. The summed E-state index contributed by atoms with van der Waals surface area (Å²) in [6, 6.07) is 1.92. The van der Waals surface area contributed by atoms with Gasteiger partial charge in [0.2, 0.25) is 5.82 Å². The molecule has 1 aromatic rings. The van der Waals surface area contributed by atoms with Gasteiger partial charge in [0.25, 0.3) is 0 Å². The molecule has 2 unspecified atom stereocenters. The predicted molar refractivity (Wildman–Crippen MR) is 72.7 cm³/mol. The summed E-state index contributed by atoms with van der Waals surface area (Å²) in [5.74, 6) is 0.337. The van der Waals surface area contributed by atoms with E-state index in [4.69, 9.17) is 0 Å². The van der Waals surface area contributed by atoms with Gasteiger partial charge in [-0.25, -0.2) is 4.98 Å². The molecule has 0 spiro atoms. The summed E-state index contributed by atoms with van der Waals surface area (Å²) in [7, 11) is 0. The Morgan fingerprint density at radius 1 is 1.67 bits per heavy atom. The third kappa shape index (κ3) is 2.97. The molecule has 2 rings (SSSR count). The van der Waals surface area contributed by atoms with Crippen LogP contribution in [0.3, 0.4) is 0 Å². The fourth-order valence-electron chi connectivity index (χ4n) is 2.10. The van der Waals surface area contributed by atoms with Crippen LogP contribution in [0.15, 0.2) is 16.7 Å². The molecule has 1 aliphatic heterocycles. The molecule has 1 aliphatic rings. The first-order valence-electron chi connectivity index (χ1n) is 5.88. The minimum atomic E-state index is -0.416. The molecule has 18 heavy (non-hydrogen) atoms. The molecule has 0 saturated carbocycles. The highest BCUT2D eigenvalue weighted by molar-refractivity contribution is 9.10. The third-order valence-electron chi connectivity index (χ3n) is 3.11. The molecule has 0 aliphatic carbocycles. The lowest BCUT2D eigenvalue weighted by Crippen LogP contribution is -2.46. The van der Waals surface area contributed by atoms with Crippen LogP contribution in [0.25, 0.3) is 0 Å². The summed E-state index contributed by atoms with van der Waals surface area (Å²) in [6.07, 6.45) is 3.62. The summed E-state index contributed by atoms with van der Waals surface area (Å²) in [5, 5.41) is 17.5. The molecule has 1 aromatic heterocycles. The van der Waals surface area contributed by atoms with Crippen molar-refractivity contribution in [2.75, 3.05) is 11.9 Å². The van der Waals surface area contributed by atoms with Gasteiger partial charge in [0.05, 0.1) is 4.92 Å². The van der Waals surface area contributed by atoms with Gasteiger partial charge in [-0.15, -0.1) is 0 Å². The highest BCUT2D eigenvalue weighted by atomic mass is 79.9. The maximum atomic E-state index is 11.0. The van der Waals surface area contributed by atoms with Crippen LogP contribution in [-0.4, -0.2) is 28.5 Å². The Morgan fingerprint density at radius 3 is 3.11 bits per heavy atom. The lowest BCUT2D eigenvalue weighted by Gasteiger charge is -2.30. The van der Waals surface area contributed by atoms with Gasteiger partial charge in [-0.1, -0.05) is 0 Å². The molecule has 2 atom stereocenters. The number of aromatic nitrogens is 1. The number of hydrogen-bond donors (Lipinski definition) is 2. The number of halogens is 1. The standard InChI is InChI=1S/C11H15BrN4O2/c1-7-9(3-2-4-13-7)15-11-10(16(17)18)5-8(12)6-14-11/h5-7,9,13H,2-4H2,1H3,(H,14,15). The Kier molecular flexibility index (Phi) is 4.13. The Morgan fingerprint density at radius 2 is 2.44 bits per heavy atom. The van der Waals surface area contributed by atoms with E-state index >= 15 is 0 Å². The molecule has 0 radical (unpaired) electrons. The molecule has 0 bridgehead atoms. The minimum absolute atomic E-state index is 0.00199. The second-order valence-corrected chi connectivity index (χ2v) is 5.33. The van der Waals surface area contributed by atoms with Crippen LogP contribution in [0, 0.1) is 10.1 Å². The zero-order chi connectivity index (χ0) is 13.1. The summed E-state index contributed by atoms with van der Waals surface area (Å²) in [5.41, 5.74) is 0.00199. The van der Waals surface area contributed by atoms with E-state index in [1.54, 1.807) is 6.20 Å². The summed E-state index contributed by atoms with van der Waals surface area (Å²) in [6.45, 7) is 3.07. The van der Waals surface area contributed by atoms with Gasteiger partial charge in [-0.2, -0.15) is 0 Å². The molecule has 6 nitrogen and oxygen atoms in total. The molecule has 2 N–H and O–H groups in total. The average molecular weight is 315 g/mol. The van der Waals surface area contributed by atoms with Gasteiger partial charge >= 0.3 is 5.69 Å². The summed E-state index contributed by atoms with van der Waals surface area (Å²) >= 11 is 3.19. The molecular weight excluding hydrogens is 300 g/mol. The largest absolute Gasteiger partial charge is 0.360 e. The van der Waals surface area contributed by atoms with Gasteiger partial charge in [0, 0.05) is 28.8 Å². The molecule has 7 heteroatoms. The predicted octanol–water partition coefficient (Wildman–Crippen LogP) is 2.30. The minimum Gasteiger partial charge on any atom is -0.360 e. The number of piperidine rings is 1. The Bertz CT molecular complexity index is 455. The van der Waals surface area contributed by atoms with Gasteiger partial charge in [0.1, 0.15) is 0 Å². The fraction of sp³-hybridized carbons (Fsp3) is 0.545. The highest BCUT2D eigenvalue weighted by Gasteiger charge is 2.24. The van der Waals surface area contributed by atoms with Crippen molar-refractivity contribution in [1.29, 1.82) is 0 Å². The zero-order valence-corrected chi connectivity index (χ0v) is 11.6. The first-order chi connectivity index (χ1) is 8.58. The van der Waals surface area contributed by atoms with Crippen LogP contribution in [0.4, 0.5) is 11.5 Å². The van der Waals surface area contributed by atoms with Crippen LogP contribution in [0.2, 0.25) is 0 Å². The van der Waals surface area contributed by atoms with E-state index in [-0.39, 0.29) is 17.8 Å². The van der Waals surface area contributed by atoms with Crippen molar-refractivity contribution in [3.63, 3.8) is 0 Å². The molecular formula is C11H15BrN4O2.